The van der Waals surface area contributed by atoms with E-state index in [1.54, 1.807) is 6.92 Å². The Balaban J connectivity index is 1.47. The van der Waals surface area contributed by atoms with Crippen molar-refractivity contribution in [3.63, 3.8) is 0 Å². The van der Waals surface area contributed by atoms with Crippen LogP contribution < -0.4 is 5.32 Å². The molecule has 1 N–H and O–H groups in total. The van der Waals surface area contributed by atoms with Gasteiger partial charge in [-0.1, -0.05) is 25.9 Å². The van der Waals surface area contributed by atoms with E-state index in [0.29, 0.717) is 30.0 Å². The van der Waals surface area contributed by atoms with Crippen LogP contribution in [0.3, 0.4) is 0 Å². The lowest BCUT2D eigenvalue weighted by Crippen LogP contribution is -2.64. The number of nitrogens with one attached hydrogen (secondary N) is 1. The Bertz CT molecular complexity index is 750. The van der Waals surface area contributed by atoms with Gasteiger partial charge >= 0.3 is 5.97 Å². The van der Waals surface area contributed by atoms with Gasteiger partial charge in [-0.05, 0) is 50.4 Å². The van der Waals surface area contributed by atoms with Crippen LogP contribution in [0.4, 0.5) is 0 Å². The zero-order valence-electron chi connectivity index (χ0n) is 16.6. The highest BCUT2D eigenvalue weighted by Crippen LogP contribution is 2.62. The van der Waals surface area contributed by atoms with Crippen LogP contribution in [0.15, 0.2) is 4.52 Å². The monoisotopic (exact) mass is 375 g/mol. The van der Waals surface area contributed by atoms with Gasteiger partial charge < -0.3 is 14.6 Å². The third kappa shape index (κ3) is 3.36. The topological polar surface area (TPSA) is 94.3 Å². The summed E-state index contributed by atoms with van der Waals surface area (Å²) >= 11 is 0. The molecule has 4 aliphatic carbocycles. The first-order chi connectivity index (χ1) is 12.6. The number of rotatable bonds is 4. The number of aromatic nitrogens is 2. The maximum atomic E-state index is 13.1. The zero-order chi connectivity index (χ0) is 19.4. The number of esters is 1. The van der Waals surface area contributed by atoms with Crippen LogP contribution in [0.5, 0.6) is 0 Å². The van der Waals surface area contributed by atoms with Gasteiger partial charge in [0, 0.05) is 17.9 Å². The van der Waals surface area contributed by atoms with Crippen molar-refractivity contribution in [3.8, 4) is 0 Å². The van der Waals surface area contributed by atoms with Crippen LogP contribution in [-0.4, -0.2) is 27.6 Å². The Kier molecular flexibility index (Phi) is 4.13. The lowest BCUT2D eigenvalue weighted by molar-refractivity contribution is -0.178. The van der Waals surface area contributed by atoms with Crippen molar-refractivity contribution in [1.82, 2.24) is 15.5 Å². The van der Waals surface area contributed by atoms with Crippen LogP contribution in [0.1, 0.15) is 77.9 Å². The quantitative estimate of drug-likeness (QED) is 0.813. The van der Waals surface area contributed by atoms with E-state index in [9.17, 15) is 9.59 Å². The third-order valence-corrected chi connectivity index (χ3v) is 6.40. The molecule has 27 heavy (non-hydrogen) atoms. The van der Waals surface area contributed by atoms with Crippen molar-refractivity contribution in [2.24, 2.45) is 17.3 Å². The van der Waals surface area contributed by atoms with E-state index in [1.807, 2.05) is 20.8 Å². The number of nitrogens with zero attached hydrogens (tertiary/aromatic N) is 2. The molecule has 4 saturated carbocycles. The molecule has 2 unspecified atom stereocenters. The predicted octanol–water partition coefficient (Wildman–Crippen LogP) is 2.89. The minimum Gasteiger partial charge on any atom is -0.455 e. The summed E-state index contributed by atoms with van der Waals surface area (Å²) < 4.78 is 10.9. The molecule has 1 amide bonds. The van der Waals surface area contributed by atoms with Crippen LogP contribution in [0, 0.1) is 17.3 Å². The van der Waals surface area contributed by atoms with E-state index in [4.69, 9.17) is 9.26 Å². The van der Waals surface area contributed by atoms with Crippen molar-refractivity contribution in [2.75, 3.05) is 0 Å². The Morgan fingerprint density at radius 3 is 2.44 bits per heavy atom. The Hall–Kier alpha value is -1.92. The van der Waals surface area contributed by atoms with Crippen molar-refractivity contribution in [3.05, 3.63) is 11.7 Å². The van der Waals surface area contributed by atoms with Gasteiger partial charge in [-0.3, -0.25) is 9.59 Å². The molecule has 0 saturated heterocycles. The smallest absolute Gasteiger partial charge is 0.312 e. The lowest BCUT2D eigenvalue weighted by atomic mass is 9.47. The average Bonchev–Trinajstić information content (AvgIpc) is 2.99. The van der Waals surface area contributed by atoms with Gasteiger partial charge in [-0.15, -0.1) is 0 Å². The van der Waals surface area contributed by atoms with Gasteiger partial charge in [-0.2, -0.15) is 4.98 Å². The number of ether oxygens (including phenoxy) is 1. The highest BCUT2D eigenvalue weighted by Gasteiger charge is 2.61. The molecule has 1 heterocycles. The number of carbonyl (C=O) groups excluding carboxylic acids is 2. The molecule has 4 bridgehead atoms. The van der Waals surface area contributed by atoms with Crippen LogP contribution >= 0.6 is 0 Å². The summed E-state index contributed by atoms with van der Waals surface area (Å²) in [6.45, 7) is 7.58. The molecule has 148 valence electrons. The molecule has 1 aromatic rings. The third-order valence-electron chi connectivity index (χ3n) is 6.40. The number of hydrogen-bond acceptors (Lipinski definition) is 6. The van der Waals surface area contributed by atoms with E-state index in [-0.39, 0.29) is 29.4 Å². The minimum absolute atomic E-state index is 0.00608. The van der Waals surface area contributed by atoms with E-state index >= 15 is 0 Å². The number of carbonyl (C=O) groups is 2. The van der Waals surface area contributed by atoms with Gasteiger partial charge in [0.05, 0.1) is 5.41 Å². The Labute approximate surface area is 159 Å². The maximum Gasteiger partial charge on any atom is 0.312 e. The van der Waals surface area contributed by atoms with Crippen LogP contribution in [-0.2, 0) is 26.3 Å². The normalized spacial score (nSPS) is 34.5. The van der Waals surface area contributed by atoms with Crippen LogP contribution in [0.2, 0.25) is 0 Å². The second-order valence-corrected chi connectivity index (χ2v) is 10.0. The fourth-order valence-corrected chi connectivity index (χ4v) is 5.92. The van der Waals surface area contributed by atoms with Crippen molar-refractivity contribution in [2.45, 2.75) is 83.8 Å². The Morgan fingerprint density at radius 2 is 1.89 bits per heavy atom. The fraction of sp³-hybridized carbons (Fsp3) is 0.800. The summed E-state index contributed by atoms with van der Waals surface area (Å²) in [5, 5.41) is 7.15. The lowest BCUT2D eigenvalue weighted by Gasteiger charge is -2.60. The SMILES string of the molecule is CC(=O)NC12CC3CC(C1)CC(C(=O)OCc1nc(C(C)(C)C)no1)(C3)C2. The highest BCUT2D eigenvalue weighted by atomic mass is 16.6. The van der Waals surface area contributed by atoms with E-state index < -0.39 is 5.41 Å². The fourth-order valence-electron chi connectivity index (χ4n) is 5.92. The summed E-state index contributed by atoms with van der Waals surface area (Å²) in [5.74, 6) is 1.72. The summed E-state index contributed by atoms with van der Waals surface area (Å²) in [4.78, 5) is 29.2. The molecule has 0 radical (unpaired) electrons. The molecule has 5 rings (SSSR count). The first-order valence-corrected chi connectivity index (χ1v) is 9.88. The van der Waals surface area contributed by atoms with E-state index in [0.717, 1.165) is 32.1 Å². The molecule has 2 atom stereocenters. The van der Waals surface area contributed by atoms with Gasteiger partial charge in [-0.25, -0.2) is 0 Å². The molecule has 1 aromatic heterocycles. The summed E-state index contributed by atoms with van der Waals surface area (Å²) in [5.41, 5.74) is -0.936. The van der Waals surface area contributed by atoms with Gasteiger partial charge in [0.1, 0.15) is 0 Å². The maximum absolute atomic E-state index is 13.1. The Morgan fingerprint density at radius 1 is 1.22 bits per heavy atom. The van der Waals surface area contributed by atoms with E-state index in [1.165, 1.54) is 0 Å². The molecule has 4 aliphatic rings. The molecule has 7 nitrogen and oxygen atoms in total. The molecule has 0 aliphatic heterocycles. The van der Waals surface area contributed by atoms with Crippen molar-refractivity contribution in [1.29, 1.82) is 0 Å². The molecular formula is C20H29N3O4. The van der Waals surface area contributed by atoms with Gasteiger partial charge in [0.15, 0.2) is 12.4 Å². The largest absolute Gasteiger partial charge is 0.455 e. The minimum atomic E-state index is -0.487. The average molecular weight is 375 g/mol. The first kappa shape index (κ1) is 18.4. The molecule has 0 aromatic carbocycles. The first-order valence-electron chi connectivity index (χ1n) is 9.88. The second-order valence-electron chi connectivity index (χ2n) is 10.0. The predicted molar refractivity (Wildman–Crippen MR) is 96.5 cm³/mol. The van der Waals surface area contributed by atoms with Crippen LogP contribution in [0.25, 0.3) is 0 Å². The van der Waals surface area contributed by atoms with Gasteiger partial charge in [0.25, 0.3) is 5.89 Å². The van der Waals surface area contributed by atoms with E-state index in [2.05, 4.69) is 15.5 Å². The van der Waals surface area contributed by atoms with Crippen molar-refractivity contribution >= 4 is 11.9 Å². The molecule has 7 heteroatoms. The molecule has 4 fully saturated rings. The van der Waals surface area contributed by atoms with Gasteiger partial charge in [0.2, 0.25) is 5.91 Å². The van der Waals surface area contributed by atoms with Crippen molar-refractivity contribution < 1.29 is 18.8 Å². The number of amides is 1. The summed E-state index contributed by atoms with van der Waals surface area (Å²) in [7, 11) is 0. The highest BCUT2D eigenvalue weighted by molar-refractivity contribution is 5.79. The summed E-state index contributed by atoms with van der Waals surface area (Å²) in [6, 6.07) is 0. The standard InChI is InChI=1S/C20H29N3O4/c1-12(24)22-20-8-13-5-14(9-20)7-19(6-13,11-20)17(25)26-10-15-21-16(23-27-15)18(2,3)4/h13-14H,5-11H2,1-4H3,(H,22,24). The molecule has 0 spiro atoms. The zero-order valence-corrected chi connectivity index (χ0v) is 16.6. The second kappa shape index (κ2) is 6.04. The number of hydrogen-bond donors (Lipinski definition) is 1. The summed E-state index contributed by atoms with van der Waals surface area (Å²) in [6.07, 6.45) is 5.53. The molecular weight excluding hydrogens is 346 g/mol.